The number of amides is 1. The molecule has 1 aromatic carbocycles. The third kappa shape index (κ3) is 4.28. The highest BCUT2D eigenvalue weighted by Crippen LogP contribution is 2.27. The molecule has 1 aromatic heterocycles. The van der Waals surface area contributed by atoms with Gasteiger partial charge in [-0.1, -0.05) is 18.9 Å². The van der Waals surface area contributed by atoms with Gasteiger partial charge in [0.25, 0.3) is 5.91 Å². The first-order valence-electron chi connectivity index (χ1n) is 8.69. The van der Waals surface area contributed by atoms with E-state index in [-0.39, 0.29) is 12.1 Å². The summed E-state index contributed by atoms with van der Waals surface area (Å²) in [7, 11) is 0. The average molecular weight is 339 g/mol. The van der Waals surface area contributed by atoms with Crippen molar-refractivity contribution in [3.63, 3.8) is 0 Å². The van der Waals surface area contributed by atoms with Crippen molar-refractivity contribution in [2.24, 2.45) is 11.5 Å². The van der Waals surface area contributed by atoms with Crippen LogP contribution in [0, 0.1) is 6.92 Å². The number of anilines is 3. The fourth-order valence-electron chi connectivity index (χ4n) is 3.26. The highest BCUT2D eigenvalue weighted by molar-refractivity contribution is 5.99. The van der Waals surface area contributed by atoms with Gasteiger partial charge in [0.05, 0.1) is 11.3 Å². The summed E-state index contributed by atoms with van der Waals surface area (Å²) in [6.07, 6.45) is 4.46. The first-order valence-corrected chi connectivity index (χ1v) is 8.69. The zero-order chi connectivity index (χ0) is 17.8. The molecule has 2 aromatic rings. The fourth-order valence-corrected chi connectivity index (χ4v) is 3.26. The van der Waals surface area contributed by atoms with Crippen molar-refractivity contribution >= 4 is 23.1 Å². The lowest BCUT2D eigenvalue weighted by molar-refractivity contribution is 0.100. The van der Waals surface area contributed by atoms with Gasteiger partial charge in [-0.25, -0.2) is 4.98 Å². The number of primary amides is 1. The Morgan fingerprint density at radius 3 is 2.72 bits per heavy atom. The van der Waals surface area contributed by atoms with E-state index in [0.717, 1.165) is 24.2 Å². The van der Waals surface area contributed by atoms with E-state index in [0.29, 0.717) is 17.1 Å². The third-order valence-electron chi connectivity index (χ3n) is 4.61. The number of hydrogen-bond donors (Lipinski definition) is 4. The number of aryl methyl sites for hydroxylation is 1. The molecule has 132 valence electrons. The number of pyridine rings is 1. The van der Waals surface area contributed by atoms with Crippen molar-refractivity contribution in [1.82, 2.24) is 4.98 Å². The summed E-state index contributed by atoms with van der Waals surface area (Å²) in [5, 5.41) is 6.70. The predicted octanol–water partition coefficient (Wildman–Crippen LogP) is 2.91. The summed E-state index contributed by atoms with van der Waals surface area (Å²) in [6.45, 7) is 1.92. The van der Waals surface area contributed by atoms with Crippen molar-refractivity contribution in [1.29, 1.82) is 0 Å². The molecule has 1 fully saturated rings. The second-order valence-electron chi connectivity index (χ2n) is 6.61. The van der Waals surface area contributed by atoms with Gasteiger partial charge in [0.2, 0.25) is 0 Å². The maximum atomic E-state index is 11.8. The number of aromatic nitrogens is 1. The second kappa shape index (κ2) is 7.53. The number of nitrogens with one attached hydrogen (secondary N) is 2. The third-order valence-corrected chi connectivity index (χ3v) is 4.61. The standard InChI is InChI=1S/C19H25N5O/c1-12-5-4-8-18(22-12)24-17-11-13(9-10-14(17)19(21)25)23-16-7-3-2-6-15(16)20/h4-5,8-11,15-16,23H,2-3,6-7,20H2,1H3,(H2,21,25)(H,22,24)/t15-,16+/m0/s1. The Balaban J connectivity index is 1.85. The molecule has 0 unspecified atom stereocenters. The number of carbonyl (C=O) groups excluding carboxylic acids is 1. The van der Waals surface area contributed by atoms with Gasteiger partial charge in [-0.2, -0.15) is 0 Å². The number of rotatable bonds is 5. The number of nitrogens with two attached hydrogens (primary N) is 2. The quantitative estimate of drug-likeness (QED) is 0.670. The van der Waals surface area contributed by atoms with Crippen molar-refractivity contribution < 1.29 is 4.79 Å². The van der Waals surface area contributed by atoms with Crippen molar-refractivity contribution in [2.45, 2.75) is 44.7 Å². The summed E-state index contributed by atoms with van der Waals surface area (Å²) in [5.74, 6) is 0.199. The van der Waals surface area contributed by atoms with Crippen molar-refractivity contribution in [2.75, 3.05) is 10.6 Å². The normalized spacial score (nSPS) is 20.1. The fraction of sp³-hybridized carbons (Fsp3) is 0.368. The van der Waals surface area contributed by atoms with Crippen LogP contribution in [0.4, 0.5) is 17.2 Å². The van der Waals surface area contributed by atoms with E-state index >= 15 is 0 Å². The molecule has 1 heterocycles. The summed E-state index contributed by atoms with van der Waals surface area (Å²) in [4.78, 5) is 16.2. The predicted molar refractivity (Wildman–Crippen MR) is 101 cm³/mol. The van der Waals surface area contributed by atoms with Crippen LogP contribution >= 0.6 is 0 Å². The van der Waals surface area contributed by atoms with Gasteiger partial charge in [-0.15, -0.1) is 0 Å². The summed E-state index contributed by atoms with van der Waals surface area (Å²) >= 11 is 0. The Bertz CT molecular complexity index is 761. The van der Waals surface area contributed by atoms with Crippen LogP contribution in [0.25, 0.3) is 0 Å². The van der Waals surface area contributed by atoms with Crippen LogP contribution in [0.15, 0.2) is 36.4 Å². The van der Waals surface area contributed by atoms with Crippen LogP contribution in [0.5, 0.6) is 0 Å². The Kier molecular flexibility index (Phi) is 5.19. The first kappa shape index (κ1) is 17.2. The molecule has 1 saturated carbocycles. The van der Waals surface area contributed by atoms with E-state index in [1.165, 1.54) is 12.8 Å². The van der Waals surface area contributed by atoms with E-state index in [9.17, 15) is 4.79 Å². The molecule has 0 saturated heterocycles. The molecule has 1 amide bonds. The maximum Gasteiger partial charge on any atom is 0.250 e. The molecule has 25 heavy (non-hydrogen) atoms. The zero-order valence-electron chi connectivity index (χ0n) is 14.5. The highest BCUT2D eigenvalue weighted by Gasteiger charge is 2.22. The zero-order valence-corrected chi connectivity index (χ0v) is 14.5. The number of benzene rings is 1. The number of hydrogen-bond acceptors (Lipinski definition) is 5. The van der Waals surface area contributed by atoms with E-state index in [1.54, 1.807) is 6.07 Å². The van der Waals surface area contributed by atoms with Crippen LogP contribution < -0.4 is 22.1 Å². The minimum Gasteiger partial charge on any atom is -0.381 e. The number of carbonyl (C=O) groups is 1. The summed E-state index contributed by atoms with van der Waals surface area (Å²) in [5.41, 5.74) is 14.6. The summed E-state index contributed by atoms with van der Waals surface area (Å²) in [6, 6.07) is 11.6. The lowest BCUT2D eigenvalue weighted by atomic mass is 9.91. The Labute approximate surface area is 148 Å². The number of nitrogens with zero attached hydrogens (tertiary/aromatic N) is 1. The molecular formula is C19H25N5O. The molecule has 2 atom stereocenters. The molecule has 6 heteroatoms. The lowest BCUT2D eigenvalue weighted by Gasteiger charge is -2.30. The van der Waals surface area contributed by atoms with Gasteiger partial charge >= 0.3 is 0 Å². The molecule has 0 radical (unpaired) electrons. The van der Waals surface area contributed by atoms with Gasteiger partial charge in [0, 0.05) is 23.5 Å². The smallest absolute Gasteiger partial charge is 0.250 e. The Morgan fingerprint density at radius 2 is 2.00 bits per heavy atom. The van der Waals surface area contributed by atoms with E-state index < -0.39 is 5.91 Å². The van der Waals surface area contributed by atoms with Crippen molar-refractivity contribution in [3.05, 3.63) is 47.7 Å². The van der Waals surface area contributed by atoms with Crippen LogP contribution in [0.3, 0.4) is 0 Å². The molecule has 1 aliphatic rings. The van der Waals surface area contributed by atoms with Crippen LogP contribution in [-0.4, -0.2) is 23.0 Å². The molecule has 3 rings (SSSR count). The Hall–Kier alpha value is -2.60. The minimum absolute atomic E-state index is 0.152. The average Bonchev–Trinajstić information content (AvgIpc) is 2.57. The molecule has 0 aliphatic heterocycles. The maximum absolute atomic E-state index is 11.8. The van der Waals surface area contributed by atoms with Gasteiger partial charge in [0.1, 0.15) is 5.82 Å². The highest BCUT2D eigenvalue weighted by atomic mass is 16.1. The van der Waals surface area contributed by atoms with E-state index in [4.69, 9.17) is 11.5 Å². The lowest BCUT2D eigenvalue weighted by Crippen LogP contribution is -2.42. The largest absolute Gasteiger partial charge is 0.381 e. The minimum atomic E-state index is -0.476. The van der Waals surface area contributed by atoms with E-state index in [1.807, 2.05) is 37.3 Å². The van der Waals surface area contributed by atoms with Crippen LogP contribution in [0.1, 0.15) is 41.7 Å². The first-order chi connectivity index (χ1) is 12.0. The molecular weight excluding hydrogens is 314 g/mol. The molecule has 0 bridgehead atoms. The van der Waals surface area contributed by atoms with Crippen LogP contribution in [0.2, 0.25) is 0 Å². The molecule has 6 nitrogen and oxygen atoms in total. The SMILES string of the molecule is Cc1cccc(Nc2cc(N[C@@H]3CCCC[C@@H]3N)ccc2C(N)=O)n1. The van der Waals surface area contributed by atoms with Gasteiger partial charge in [-0.05, 0) is 50.1 Å². The summed E-state index contributed by atoms with van der Waals surface area (Å²) < 4.78 is 0. The molecule has 6 N–H and O–H groups in total. The van der Waals surface area contributed by atoms with Crippen molar-refractivity contribution in [3.8, 4) is 0 Å². The van der Waals surface area contributed by atoms with Gasteiger partial charge < -0.3 is 22.1 Å². The van der Waals surface area contributed by atoms with E-state index in [2.05, 4.69) is 15.6 Å². The van der Waals surface area contributed by atoms with Crippen LogP contribution in [-0.2, 0) is 0 Å². The topological polar surface area (TPSA) is 106 Å². The molecule has 0 spiro atoms. The van der Waals surface area contributed by atoms with Gasteiger partial charge in [-0.3, -0.25) is 4.79 Å². The Morgan fingerprint density at radius 1 is 1.20 bits per heavy atom. The van der Waals surface area contributed by atoms with Gasteiger partial charge in [0.15, 0.2) is 0 Å². The monoisotopic (exact) mass is 339 g/mol. The molecule has 1 aliphatic carbocycles. The second-order valence-corrected chi connectivity index (χ2v) is 6.61.